The van der Waals surface area contributed by atoms with E-state index in [0.29, 0.717) is 17.3 Å². The van der Waals surface area contributed by atoms with Gasteiger partial charge in [-0.2, -0.15) is 0 Å². The predicted molar refractivity (Wildman–Crippen MR) is 99.7 cm³/mol. The van der Waals surface area contributed by atoms with Gasteiger partial charge >= 0.3 is 0 Å². The Balaban J connectivity index is 1.78. The van der Waals surface area contributed by atoms with Crippen molar-refractivity contribution in [3.63, 3.8) is 0 Å². The first-order valence-corrected chi connectivity index (χ1v) is 9.17. The van der Waals surface area contributed by atoms with Crippen LogP contribution in [0.5, 0.6) is 0 Å². The highest BCUT2D eigenvalue weighted by atomic mass is 35.5. The molecule has 0 amide bonds. The second-order valence-corrected chi connectivity index (χ2v) is 7.09. The number of nitrogens with zero attached hydrogens (tertiary/aromatic N) is 2. The largest absolute Gasteiger partial charge is 0.390 e. The number of hydrogen-bond acceptors (Lipinski definition) is 3. The van der Waals surface area contributed by atoms with Crippen LogP contribution >= 0.6 is 35.0 Å². The standard InChI is InChI=1S/C18H16Cl2N2OS/c19-15-7-5-13(6-8-15)9-22-10-16(11-23)21-18(22)24-12-14-3-1-2-4-17(14)20/h1-8,10,23H,9,11-12H2. The van der Waals surface area contributed by atoms with Gasteiger partial charge in [0.05, 0.1) is 12.3 Å². The number of rotatable bonds is 6. The van der Waals surface area contributed by atoms with E-state index in [0.717, 1.165) is 27.1 Å². The fourth-order valence-corrected chi connectivity index (χ4v) is 3.71. The van der Waals surface area contributed by atoms with Crippen LogP contribution in [-0.2, 0) is 18.9 Å². The fourth-order valence-electron chi connectivity index (χ4n) is 2.30. The molecule has 124 valence electrons. The third-order valence-corrected chi connectivity index (χ3v) is 5.19. The van der Waals surface area contributed by atoms with Crippen molar-refractivity contribution >= 4 is 35.0 Å². The van der Waals surface area contributed by atoms with Crippen LogP contribution in [0.15, 0.2) is 59.9 Å². The average molecular weight is 379 g/mol. The number of imidazole rings is 1. The zero-order valence-electron chi connectivity index (χ0n) is 12.8. The first kappa shape index (κ1) is 17.4. The highest BCUT2D eigenvalue weighted by Gasteiger charge is 2.10. The molecule has 24 heavy (non-hydrogen) atoms. The first-order chi connectivity index (χ1) is 11.7. The quantitative estimate of drug-likeness (QED) is 0.611. The van der Waals surface area contributed by atoms with Crippen LogP contribution < -0.4 is 0 Å². The summed E-state index contributed by atoms with van der Waals surface area (Å²) in [4.78, 5) is 4.49. The number of aliphatic hydroxyl groups is 1. The predicted octanol–water partition coefficient (Wildman–Crippen LogP) is 5.02. The van der Waals surface area contributed by atoms with Crippen LogP contribution in [0, 0.1) is 0 Å². The first-order valence-electron chi connectivity index (χ1n) is 7.43. The minimum Gasteiger partial charge on any atom is -0.390 e. The molecule has 0 bridgehead atoms. The summed E-state index contributed by atoms with van der Waals surface area (Å²) < 4.78 is 2.04. The van der Waals surface area contributed by atoms with E-state index in [2.05, 4.69) is 4.98 Å². The molecule has 3 rings (SSSR count). The van der Waals surface area contributed by atoms with Crippen molar-refractivity contribution in [3.8, 4) is 0 Å². The Morgan fingerprint density at radius 1 is 1.04 bits per heavy atom. The minimum absolute atomic E-state index is 0.0761. The molecule has 0 unspecified atom stereocenters. The Bertz CT molecular complexity index is 818. The SMILES string of the molecule is OCc1cn(Cc2ccc(Cl)cc2)c(SCc2ccccc2Cl)n1. The second-order valence-electron chi connectivity index (χ2n) is 5.31. The van der Waals surface area contributed by atoms with E-state index in [-0.39, 0.29) is 6.61 Å². The summed E-state index contributed by atoms with van der Waals surface area (Å²) in [5.41, 5.74) is 2.85. The third-order valence-electron chi connectivity index (χ3n) is 3.53. The number of benzene rings is 2. The van der Waals surface area contributed by atoms with Crippen molar-refractivity contribution in [2.24, 2.45) is 0 Å². The Hall–Kier alpha value is -1.46. The van der Waals surface area contributed by atoms with E-state index in [1.165, 1.54) is 0 Å². The normalized spacial score (nSPS) is 11.0. The van der Waals surface area contributed by atoms with Crippen molar-refractivity contribution < 1.29 is 5.11 Å². The van der Waals surface area contributed by atoms with Gasteiger partial charge in [0.1, 0.15) is 0 Å². The van der Waals surface area contributed by atoms with E-state index in [1.54, 1.807) is 11.8 Å². The van der Waals surface area contributed by atoms with Gasteiger partial charge in [0.2, 0.25) is 0 Å². The molecule has 1 N–H and O–H groups in total. The Kier molecular flexibility index (Phi) is 5.85. The molecule has 3 aromatic rings. The van der Waals surface area contributed by atoms with E-state index in [1.807, 2.05) is 59.3 Å². The smallest absolute Gasteiger partial charge is 0.168 e. The highest BCUT2D eigenvalue weighted by molar-refractivity contribution is 7.98. The number of thioether (sulfide) groups is 1. The van der Waals surface area contributed by atoms with Crippen LogP contribution in [0.1, 0.15) is 16.8 Å². The lowest BCUT2D eigenvalue weighted by atomic mass is 10.2. The molecule has 1 aromatic heterocycles. The monoisotopic (exact) mass is 378 g/mol. The van der Waals surface area contributed by atoms with Crippen LogP contribution in [0.25, 0.3) is 0 Å². The van der Waals surface area contributed by atoms with Crippen LogP contribution in [-0.4, -0.2) is 14.7 Å². The van der Waals surface area contributed by atoms with Gasteiger partial charge in [-0.3, -0.25) is 0 Å². The molecular weight excluding hydrogens is 363 g/mol. The van der Waals surface area contributed by atoms with E-state index < -0.39 is 0 Å². The summed E-state index contributed by atoms with van der Waals surface area (Å²) in [5, 5.41) is 11.7. The van der Waals surface area contributed by atoms with Crippen molar-refractivity contribution in [2.45, 2.75) is 24.1 Å². The highest BCUT2D eigenvalue weighted by Crippen LogP contribution is 2.27. The Labute approximate surface area is 155 Å². The molecule has 0 saturated carbocycles. The Morgan fingerprint density at radius 2 is 1.79 bits per heavy atom. The molecule has 0 fully saturated rings. The number of aliphatic hydroxyl groups excluding tert-OH is 1. The summed E-state index contributed by atoms with van der Waals surface area (Å²) in [7, 11) is 0. The maximum Gasteiger partial charge on any atom is 0.168 e. The van der Waals surface area contributed by atoms with Crippen molar-refractivity contribution in [2.75, 3.05) is 0 Å². The lowest BCUT2D eigenvalue weighted by molar-refractivity contribution is 0.277. The molecule has 0 spiro atoms. The molecule has 6 heteroatoms. The molecule has 3 nitrogen and oxygen atoms in total. The molecule has 0 radical (unpaired) electrons. The molecule has 0 aliphatic heterocycles. The van der Waals surface area contributed by atoms with E-state index in [4.69, 9.17) is 23.2 Å². The molecular formula is C18H16Cl2N2OS. The number of aromatic nitrogens is 2. The van der Waals surface area contributed by atoms with E-state index >= 15 is 0 Å². The van der Waals surface area contributed by atoms with Crippen molar-refractivity contribution in [1.29, 1.82) is 0 Å². The van der Waals surface area contributed by atoms with Crippen molar-refractivity contribution in [1.82, 2.24) is 9.55 Å². The fraction of sp³-hybridized carbons (Fsp3) is 0.167. The maximum atomic E-state index is 9.38. The van der Waals surface area contributed by atoms with Gasteiger partial charge in [-0.15, -0.1) is 0 Å². The van der Waals surface area contributed by atoms with Gasteiger partial charge in [0, 0.05) is 28.5 Å². The molecule has 0 aliphatic rings. The molecule has 1 heterocycles. The summed E-state index contributed by atoms with van der Waals surface area (Å²) >= 11 is 13.8. The second kappa shape index (κ2) is 8.08. The average Bonchev–Trinajstić information content (AvgIpc) is 2.98. The Morgan fingerprint density at radius 3 is 2.50 bits per heavy atom. The topological polar surface area (TPSA) is 38.0 Å². The van der Waals surface area contributed by atoms with Crippen LogP contribution in [0.4, 0.5) is 0 Å². The van der Waals surface area contributed by atoms with Gasteiger partial charge < -0.3 is 9.67 Å². The summed E-state index contributed by atoms with van der Waals surface area (Å²) in [6.45, 7) is 0.599. The molecule has 2 aromatic carbocycles. The lowest BCUT2D eigenvalue weighted by Gasteiger charge is -2.08. The zero-order chi connectivity index (χ0) is 16.9. The van der Waals surface area contributed by atoms with Gasteiger partial charge in [-0.05, 0) is 29.3 Å². The van der Waals surface area contributed by atoms with Crippen LogP contribution in [0.2, 0.25) is 10.0 Å². The van der Waals surface area contributed by atoms with Gasteiger partial charge in [0.15, 0.2) is 5.16 Å². The molecule has 0 aliphatic carbocycles. The molecule has 0 saturated heterocycles. The lowest BCUT2D eigenvalue weighted by Crippen LogP contribution is -2.00. The van der Waals surface area contributed by atoms with Crippen LogP contribution in [0.3, 0.4) is 0 Å². The van der Waals surface area contributed by atoms with Gasteiger partial charge in [-0.25, -0.2) is 4.98 Å². The summed E-state index contributed by atoms with van der Waals surface area (Å²) in [5.74, 6) is 0.724. The van der Waals surface area contributed by atoms with E-state index in [9.17, 15) is 5.11 Å². The summed E-state index contributed by atoms with van der Waals surface area (Å²) in [6.07, 6.45) is 1.88. The van der Waals surface area contributed by atoms with Gasteiger partial charge in [-0.1, -0.05) is 65.3 Å². The molecule has 0 atom stereocenters. The zero-order valence-corrected chi connectivity index (χ0v) is 15.2. The van der Waals surface area contributed by atoms with Crippen molar-refractivity contribution in [3.05, 3.63) is 81.6 Å². The third kappa shape index (κ3) is 4.33. The maximum absolute atomic E-state index is 9.38. The number of halogens is 2. The van der Waals surface area contributed by atoms with Gasteiger partial charge in [0.25, 0.3) is 0 Å². The summed E-state index contributed by atoms with van der Waals surface area (Å²) in [6, 6.07) is 15.5. The number of hydrogen-bond donors (Lipinski definition) is 1. The minimum atomic E-state index is -0.0761.